The molecule has 2 rings (SSSR count). The Balaban J connectivity index is 1.96. The van der Waals surface area contributed by atoms with Crippen LogP contribution >= 0.6 is 46.4 Å². The van der Waals surface area contributed by atoms with E-state index in [1.54, 1.807) is 18.2 Å². The van der Waals surface area contributed by atoms with Gasteiger partial charge in [0.1, 0.15) is 5.75 Å². The first-order valence-electron chi connectivity index (χ1n) is 7.80. The van der Waals surface area contributed by atoms with E-state index in [-0.39, 0.29) is 11.0 Å². The summed E-state index contributed by atoms with van der Waals surface area (Å²) in [6.07, 6.45) is 2.03. The van der Waals surface area contributed by atoms with E-state index in [4.69, 9.17) is 28.6 Å². The fraction of sp³-hybridized carbons (Fsp3) is 0.222. The molecule has 0 saturated carbocycles. The Morgan fingerprint density at radius 1 is 1.28 bits per heavy atom. The number of hydrogen-bond donors (Lipinski definition) is 2. The molecule has 0 heterocycles. The summed E-state index contributed by atoms with van der Waals surface area (Å²) < 4.78 is 6.63. The summed E-state index contributed by atoms with van der Waals surface area (Å²) in [7, 11) is 0. The number of rotatable bonds is 6. The van der Waals surface area contributed by atoms with E-state index in [9.17, 15) is 4.79 Å². The van der Waals surface area contributed by atoms with Crippen molar-refractivity contribution in [2.24, 2.45) is 0 Å². The molecule has 0 saturated heterocycles. The van der Waals surface area contributed by atoms with E-state index in [2.05, 4.69) is 40.1 Å². The fourth-order valence-corrected chi connectivity index (χ4v) is 3.09. The predicted octanol–water partition coefficient (Wildman–Crippen LogP) is 5.25. The summed E-state index contributed by atoms with van der Waals surface area (Å²) in [4.78, 5) is 12.3. The van der Waals surface area contributed by atoms with Crippen molar-refractivity contribution >= 4 is 63.1 Å². The zero-order chi connectivity index (χ0) is 18.2. The molecule has 0 aromatic heterocycles. The van der Waals surface area contributed by atoms with Crippen LogP contribution < -0.4 is 15.4 Å². The highest BCUT2D eigenvalue weighted by atomic mass is 127. The van der Waals surface area contributed by atoms with E-state index in [1.165, 1.54) is 0 Å². The second-order valence-corrected chi connectivity index (χ2v) is 7.32. The second-order valence-electron chi connectivity index (χ2n) is 5.26. The van der Waals surface area contributed by atoms with E-state index >= 15 is 0 Å². The molecular weight excluding hydrogens is 471 g/mol. The Morgan fingerprint density at radius 3 is 2.80 bits per heavy atom. The molecule has 0 aliphatic rings. The van der Waals surface area contributed by atoms with Gasteiger partial charge in [0, 0.05) is 9.13 Å². The lowest BCUT2D eigenvalue weighted by molar-refractivity contribution is 0.0977. The number of carbonyl (C=O) groups excluding carboxylic acids is 1. The number of unbranched alkanes of at least 4 members (excludes halogenated alkanes) is 1. The zero-order valence-corrected chi connectivity index (χ0v) is 17.4. The van der Waals surface area contributed by atoms with Crippen molar-refractivity contribution in [2.45, 2.75) is 19.8 Å². The standard InChI is InChI=1S/C18H18ClIN2O2S/c1-2-3-9-24-14-6-4-5-12(10-14)17(23)22-18(25)21-16-8-7-13(20)11-15(16)19/h4-8,10-11H,2-3,9H2,1H3,(H2,21,22,23,25). The molecule has 0 aliphatic carbocycles. The molecule has 2 N–H and O–H groups in total. The van der Waals surface area contributed by atoms with E-state index in [0.29, 0.717) is 28.6 Å². The van der Waals surface area contributed by atoms with Crippen molar-refractivity contribution in [3.63, 3.8) is 0 Å². The molecule has 2 aromatic rings. The van der Waals surface area contributed by atoms with Crippen LogP contribution in [0.15, 0.2) is 42.5 Å². The summed E-state index contributed by atoms with van der Waals surface area (Å²) in [5.41, 5.74) is 1.12. The third kappa shape index (κ3) is 6.45. The van der Waals surface area contributed by atoms with Gasteiger partial charge in [-0.1, -0.05) is 31.0 Å². The summed E-state index contributed by atoms with van der Waals surface area (Å²) in [5, 5.41) is 6.30. The number of hydrogen-bond acceptors (Lipinski definition) is 3. The highest BCUT2D eigenvalue weighted by molar-refractivity contribution is 14.1. The molecule has 0 atom stereocenters. The summed E-state index contributed by atoms with van der Waals surface area (Å²) in [5.74, 6) is 0.362. The van der Waals surface area contributed by atoms with Gasteiger partial charge in [-0.05, 0) is 77.6 Å². The summed E-state index contributed by atoms with van der Waals surface area (Å²) >= 11 is 13.5. The fourth-order valence-electron chi connectivity index (χ4n) is 1.98. The summed E-state index contributed by atoms with van der Waals surface area (Å²) in [6, 6.07) is 12.5. The van der Waals surface area contributed by atoms with Crippen LogP contribution in [0.2, 0.25) is 5.02 Å². The largest absolute Gasteiger partial charge is 0.494 e. The number of amides is 1. The number of nitrogens with one attached hydrogen (secondary N) is 2. The predicted molar refractivity (Wildman–Crippen MR) is 115 cm³/mol. The molecule has 0 aliphatic heterocycles. The monoisotopic (exact) mass is 488 g/mol. The Hall–Kier alpha value is -1.38. The van der Waals surface area contributed by atoms with Crippen LogP contribution in [0.5, 0.6) is 5.75 Å². The van der Waals surface area contributed by atoms with Crippen LogP contribution in [0.4, 0.5) is 5.69 Å². The third-order valence-corrected chi connectivity index (χ3v) is 4.46. The molecule has 0 spiro atoms. The zero-order valence-electron chi connectivity index (χ0n) is 13.6. The molecule has 2 aromatic carbocycles. The molecule has 0 unspecified atom stereocenters. The van der Waals surface area contributed by atoms with Crippen molar-refractivity contribution in [3.8, 4) is 5.75 Å². The molecule has 0 fully saturated rings. The maximum absolute atomic E-state index is 12.3. The SMILES string of the molecule is CCCCOc1cccc(C(=O)NC(=S)Nc2ccc(I)cc2Cl)c1. The highest BCUT2D eigenvalue weighted by Gasteiger charge is 2.10. The number of benzene rings is 2. The Bertz CT molecular complexity index is 770. The van der Waals surface area contributed by atoms with Gasteiger partial charge in [-0.15, -0.1) is 0 Å². The number of thiocarbonyl (C=S) groups is 1. The quantitative estimate of drug-likeness (QED) is 0.331. The molecule has 25 heavy (non-hydrogen) atoms. The normalized spacial score (nSPS) is 10.2. The highest BCUT2D eigenvalue weighted by Crippen LogP contribution is 2.23. The maximum atomic E-state index is 12.3. The smallest absolute Gasteiger partial charge is 0.257 e. The van der Waals surface area contributed by atoms with Crippen LogP contribution in [0.25, 0.3) is 0 Å². The van der Waals surface area contributed by atoms with Gasteiger partial charge in [0.2, 0.25) is 0 Å². The van der Waals surface area contributed by atoms with E-state index < -0.39 is 0 Å². The van der Waals surface area contributed by atoms with Crippen LogP contribution in [-0.2, 0) is 0 Å². The Morgan fingerprint density at radius 2 is 2.08 bits per heavy atom. The van der Waals surface area contributed by atoms with Crippen molar-refractivity contribution in [2.75, 3.05) is 11.9 Å². The minimum atomic E-state index is -0.305. The Kier molecular flexibility index (Phi) is 7.92. The first kappa shape index (κ1) is 19.9. The van der Waals surface area contributed by atoms with Gasteiger partial charge in [-0.2, -0.15) is 0 Å². The number of halogens is 2. The van der Waals surface area contributed by atoms with Gasteiger partial charge >= 0.3 is 0 Å². The first-order chi connectivity index (χ1) is 12.0. The van der Waals surface area contributed by atoms with Crippen LogP contribution in [-0.4, -0.2) is 17.6 Å². The second kappa shape index (κ2) is 9.94. The molecule has 7 heteroatoms. The van der Waals surface area contributed by atoms with Gasteiger partial charge in [-0.3, -0.25) is 10.1 Å². The van der Waals surface area contributed by atoms with Gasteiger partial charge < -0.3 is 10.1 Å². The van der Waals surface area contributed by atoms with Gasteiger partial charge in [0.25, 0.3) is 5.91 Å². The van der Waals surface area contributed by atoms with Crippen LogP contribution in [0.3, 0.4) is 0 Å². The van der Waals surface area contributed by atoms with Gasteiger partial charge in [0.05, 0.1) is 17.3 Å². The minimum Gasteiger partial charge on any atom is -0.494 e. The van der Waals surface area contributed by atoms with Crippen molar-refractivity contribution in [3.05, 3.63) is 56.6 Å². The molecule has 0 radical (unpaired) electrons. The van der Waals surface area contributed by atoms with Crippen molar-refractivity contribution in [1.29, 1.82) is 0 Å². The molecule has 1 amide bonds. The van der Waals surface area contributed by atoms with Crippen molar-refractivity contribution in [1.82, 2.24) is 5.32 Å². The van der Waals surface area contributed by atoms with E-state index in [1.807, 2.05) is 24.3 Å². The van der Waals surface area contributed by atoms with Gasteiger partial charge in [0.15, 0.2) is 5.11 Å². The van der Waals surface area contributed by atoms with E-state index in [0.717, 1.165) is 16.4 Å². The van der Waals surface area contributed by atoms with Crippen LogP contribution in [0, 0.1) is 3.57 Å². The average molecular weight is 489 g/mol. The molecule has 4 nitrogen and oxygen atoms in total. The van der Waals surface area contributed by atoms with Crippen LogP contribution in [0.1, 0.15) is 30.1 Å². The maximum Gasteiger partial charge on any atom is 0.257 e. The molecule has 132 valence electrons. The number of carbonyl (C=O) groups is 1. The first-order valence-corrected chi connectivity index (χ1v) is 9.66. The number of ether oxygens (including phenoxy) is 1. The average Bonchev–Trinajstić information content (AvgIpc) is 2.58. The topological polar surface area (TPSA) is 50.4 Å². The van der Waals surface area contributed by atoms with Crippen molar-refractivity contribution < 1.29 is 9.53 Å². The van der Waals surface area contributed by atoms with Gasteiger partial charge in [-0.25, -0.2) is 0 Å². The lowest BCUT2D eigenvalue weighted by Crippen LogP contribution is -2.34. The lowest BCUT2D eigenvalue weighted by atomic mass is 10.2. The molecular formula is C18H18ClIN2O2S. The third-order valence-electron chi connectivity index (χ3n) is 3.27. The Labute approximate surface area is 171 Å². The number of anilines is 1. The minimum absolute atomic E-state index is 0.186. The summed E-state index contributed by atoms with van der Waals surface area (Å²) in [6.45, 7) is 2.73. The molecule has 0 bridgehead atoms. The lowest BCUT2D eigenvalue weighted by Gasteiger charge is -2.12.